The highest BCUT2D eigenvalue weighted by molar-refractivity contribution is 7.79. The minimum absolute atomic E-state index is 0.0900. The zero-order chi connectivity index (χ0) is 20.2. The van der Waals surface area contributed by atoms with E-state index in [9.17, 15) is 9.59 Å². The lowest BCUT2D eigenvalue weighted by Crippen LogP contribution is -2.43. The summed E-state index contributed by atoms with van der Waals surface area (Å²) < 4.78 is 0. The van der Waals surface area contributed by atoms with E-state index in [2.05, 4.69) is 24.5 Å². The third-order valence-electron chi connectivity index (χ3n) is 5.99. The topological polar surface area (TPSA) is 60.2 Å². The van der Waals surface area contributed by atoms with Crippen LogP contribution in [0.15, 0.2) is 12.1 Å². The first-order valence-electron chi connectivity index (χ1n) is 9.65. The van der Waals surface area contributed by atoms with Crippen molar-refractivity contribution in [2.75, 3.05) is 6.26 Å². The van der Waals surface area contributed by atoms with Gasteiger partial charge in [-0.2, -0.15) is 12.6 Å². The maximum absolute atomic E-state index is 13.0. The minimum atomic E-state index is -0.593. The molecule has 2 aliphatic rings. The lowest BCUT2D eigenvalue weighted by molar-refractivity contribution is -0.137. The molecule has 0 bridgehead atoms. The Balaban J connectivity index is 0.00000126. The second-order valence-corrected chi connectivity index (χ2v) is 7.96. The van der Waals surface area contributed by atoms with Crippen LogP contribution in [0.25, 0.3) is 0 Å². The number of nitrogens with two attached hydrogens (primary N) is 1. The molecule has 0 saturated heterocycles. The van der Waals surface area contributed by atoms with E-state index in [0.29, 0.717) is 12.8 Å². The van der Waals surface area contributed by atoms with Crippen LogP contribution in [0.1, 0.15) is 73.6 Å². The molecule has 0 aliphatic heterocycles. The zero-order valence-electron chi connectivity index (χ0n) is 16.9. The predicted octanol–water partition coefficient (Wildman–Crippen LogP) is 4.12. The van der Waals surface area contributed by atoms with Gasteiger partial charge in [-0.25, -0.2) is 0 Å². The number of benzene rings is 1. The van der Waals surface area contributed by atoms with Crippen molar-refractivity contribution in [3.8, 4) is 11.8 Å². The zero-order valence-corrected chi connectivity index (χ0v) is 17.8. The molecule has 3 nitrogen and oxygen atoms in total. The fourth-order valence-corrected chi connectivity index (χ4v) is 4.76. The third-order valence-corrected chi connectivity index (χ3v) is 5.99. The molecule has 3 rings (SSSR count). The molecule has 1 spiro atoms. The number of carbonyl (C=O) groups is 2. The highest BCUT2D eigenvalue weighted by Gasteiger charge is 2.47. The van der Waals surface area contributed by atoms with Crippen molar-refractivity contribution in [3.05, 3.63) is 34.4 Å². The normalized spacial score (nSPS) is 27.5. The van der Waals surface area contributed by atoms with E-state index in [0.717, 1.165) is 47.9 Å². The number of aryl methyl sites for hydroxylation is 2. The third kappa shape index (κ3) is 4.65. The van der Waals surface area contributed by atoms with Crippen molar-refractivity contribution >= 4 is 24.2 Å². The molecule has 2 N–H and O–H groups in total. The van der Waals surface area contributed by atoms with Gasteiger partial charge in [-0.05, 0) is 86.9 Å². The van der Waals surface area contributed by atoms with Crippen LogP contribution in [0.3, 0.4) is 0 Å². The Morgan fingerprint density at radius 2 is 1.52 bits per heavy atom. The molecule has 0 unspecified atom stereocenters. The van der Waals surface area contributed by atoms with Crippen molar-refractivity contribution < 1.29 is 9.59 Å². The summed E-state index contributed by atoms with van der Waals surface area (Å²) in [5.74, 6) is 5.55. The molecule has 4 heteroatoms. The first-order chi connectivity index (χ1) is 12.8. The van der Waals surface area contributed by atoms with Gasteiger partial charge in [0.2, 0.25) is 0 Å². The summed E-state index contributed by atoms with van der Waals surface area (Å²) in [5.41, 5.74) is 9.71. The van der Waals surface area contributed by atoms with Gasteiger partial charge in [-0.15, -0.1) is 5.92 Å². The molecule has 0 atom stereocenters. The Morgan fingerprint density at radius 3 is 1.96 bits per heavy atom. The lowest BCUT2D eigenvalue weighted by Gasteiger charge is -2.43. The Hall–Kier alpha value is -1.57. The van der Waals surface area contributed by atoms with Gasteiger partial charge in [0.15, 0.2) is 0 Å². The van der Waals surface area contributed by atoms with Crippen molar-refractivity contribution in [1.82, 2.24) is 0 Å². The van der Waals surface area contributed by atoms with E-state index in [4.69, 9.17) is 5.73 Å². The second kappa shape index (κ2) is 9.08. The van der Waals surface area contributed by atoms with Crippen molar-refractivity contribution in [2.24, 2.45) is 11.1 Å². The van der Waals surface area contributed by atoms with Crippen LogP contribution in [0, 0.1) is 31.1 Å². The summed E-state index contributed by atoms with van der Waals surface area (Å²) in [6, 6.07) is 4.21. The molecule has 1 aromatic carbocycles. The molecule has 0 heterocycles. The van der Waals surface area contributed by atoms with Gasteiger partial charge in [0.1, 0.15) is 17.5 Å². The van der Waals surface area contributed by atoms with Crippen LogP contribution in [0.2, 0.25) is 0 Å². The Labute approximate surface area is 168 Å². The Kier molecular flexibility index (Phi) is 7.31. The van der Waals surface area contributed by atoms with Gasteiger partial charge in [0.25, 0.3) is 0 Å². The summed E-state index contributed by atoms with van der Waals surface area (Å²) in [7, 11) is 0. The van der Waals surface area contributed by atoms with Gasteiger partial charge < -0.3 is 5.73 Å². The Morgan fingerprint density at radius 1 is 1.04 bits per heavy atom. The summed E-state index contributed by atoms with van der Waals surface area (Å²) in [6.45, 7) is 5.77. The van der Waals surface area contributed by atoms with Gasteiger partial charge in [0.05, 0.1) is 0 Å². The average Bonchev–Trinajstić information content (AvgIpc) is 2.62. The number of hydrogen-bond acceptors (Lipinski definition) is 4. The molecule has 2 aliphatic carbocycles. The van der Waals surface area contributed by atoms with Crippen molar-refractivity contribution in [2.45, 2.75) is 71.3 Å². The number of carbonyl (C=O) groups excluding carboxylic acids is 2. The molecular formula is C23H31NO2S. The fourth-order valence-electron chi connectivity index (χ4n) is 4.76. The molecule has 2 fully saturated rings. The Bertz CT molecular complexity index is 736. The summed E-state index contributed by atoms with van der Waals surface area (Å²) in [4.78, 5) is 26.0. The van der Waals surface area contributed by atoms with E-state index in [1.807, 2.05) is 32.9 Å². The summed E-state index contributed by atoms with van der Waals surface area (Å²) >= 11 is 3.53. The first kappa shape index (κ1) is 21.7. The number of hydrogen-bond donors (Lipinski definition) is 2. The molecule has 2 saturated carbocycles. The van der Waals surface area contributed by atoms with Gasteiger partial charge in [0, 0.05) is 24.4 Å². The van der Waals surface area contributed by atoms with Crippen LogP contribution >= 0.6 is 12.6 Å². The molecular weight excluding hydrogens is 354 g/mol. The summed E-state index contributed by atoms with van der Waals surface area (Å²) in [5, 5.41) is 0. The average molecular weight is 386 g/mol. The largest absolute Gasteiger partial charge is 0.328 e. The predicted molar refractivity (Wildman–Crippen MR) is 114 cm³/mol. The maximum atomic E-state index is 13.0. The maximum Gasteiger partial charge on any atom is 0.148 e. The van der Waals surface area contributed by atoms with E-state index in [1.54, 1.807) is 6.26 Å². The highest BCUT2D eigenvalue weighted by Crippen LogP contribution is 2.48. The van der Waals surface area contributed by atoms with Gasteiger partial charge in [-0.1, -0.05) is 5.92 Å². The van der Waals surface area contributed by atoms with E-state index >= 15 is 0 Å². The lowest BCUT2D eigenvalue weighted by atomic mass is 9.60. The second-order valence-electron chi connectivity index (χ2n) is 7.96. The molecule has 27 heavy (non-hydrogen) atoms. The number of thiol groups is 1. The van der Waals surface area contributed by atoms with Crippen LogP contribution in [-0.2, 0) is 9.59 Å². The number of ketones is 2. The first-order valence-corrected chi connectivity index (χ1v) is 10.5. The molecule has 1 aromatic rings. The minimum Gasteiger partial charge on any atom is -0.328 e. The SMILES string of the molecule is CC#Cc1cc(C)c(C2C(=O)CC3(CCC(N)CC3)CC2=O)c(C)c1.CS. The van der Waals surface area contributed by atoms with Gasteiger partial charge >= 0.3 is 0 Å². The number of rotatable bonds is 1. The summed E-state index contributed by atoms with van der Waals surface area (Å²) in [6.07, 6.45) is 6.39. The van der Waals surface area contributed by atoms with Crippen LogP contribution < -0.4 is 5.73 Å². The van der Waals surface area contributed by atoms with Crippen LogP contribution in [-0.4, -0.2) is 23.9 Å². The van der Waals surface area contributed by atoms with Crippen LogP contribution in [0.4, 0.5) is 0 Å². The molecule has 0 radical (unpaired) electrons. The molecule has 0 amide bonds. The highest BCUT2D eigenvalue weighted by atomic mass is 32.1. The monoisotopic (exact) mass is 385 g/mol. The number of Topliss-reactive ketones (excluding diaryl/α,β-unsaturated/α-hetero) is 2. The smallest absolute Gasteiger partial charge is 0.148 e. The van der Waals surface area contributed by atoms with Crippen LogP contribution in [0.5, 0.6) is 0 Å². The van der Waals surface area contributed by atoms with Crippen molar-refractivity contribution in [3.63, 3.8) is 0 Å². The quantitative estimate of drug-likeness (QED) is 0.434. The fraction of sp³-hybridized carbons (Fsp3) is 0.565. The van der Waals surface area contributed by atoms with Crippen molar-refractivity contribution in [1.29, 1.82) is 0 Å². The van der Waals surface area contributed by atoms with E-state index in [-0.39, 0.29) is 23.0 Å². The van der Waals surface area contributed by atoms with E-state index < -0.39 is 5.92 Å². The van der Waals surface area contributed by atoms with Gasteiger partial charge in [-0.3, -0.25) is 9.59 Å². The molecule has 0 aromatic heterocycles. The van der Waals surface area contributed by atoms with E-state index in [1.165, 1.54) is 0 Å². The molecule has 146 valence electrons. The standard InChI is InChI=1S/C22H27NO2.CH4S/c1-4-5-16-10-14(2)20(15(3)11-16)21-18(24)12-22(13-19(21)25)8-6-17(23)7-9-22;1-2/h10-11,17,21H,6-9,12-13,23H2,1-3H3;2H,1H3.